The van der Waals surface area contributed by atoms with Crippen LogP contribution in [0.4, 0.5) is 0 Å². The van der Waals surface area contributed by atoms with Gasteiger partial charge in [0.15, 0.2) is 0 Å². The standard InChI is InChI=1S/C5H11N.3C4H10O.Nb/c1-4-5(2,3)6;3*1-4(2,3)5;/h4H2,1-3H3;3*5H,1-3H3;. The van der Waals surface area contributed by atoms with E-state index in [1.165, 1.54) is 0 Å². The molecular formula is C17H41NNbO3. The van der Waals surface area contributed by atoms with Crippen LogP contribution < -0.4 is 0 Å². The summed E-state index contributed by atoms with van der Waals surface area (Å²) in [6.45, 7) is 22.1. The van der Waals surface area contributed by atoms with Crippen LogP contribution in [0.3, 0.4) is 0 Å². The van der Waals surface area contributed by atoms with Gasteiger partial charge in [-0.25, -0.2) is 0 Å². The summed E-state index contributed by atoms with van der Waals surface area (Å²) in [6, 6.07) is 0. The van der Waals surface area contributed by atoms with Crippen LogP contribution in [0, 0.1) is 0 Å². The maximum absolute atomic E-state index is 8.52. The van der Waals surface area contributed by atoms with E-state index in [-0.39, 0.29) is 5.54 Å². The molecule has 22 heavy (non-hydrogen) atoms. The first-order valence-corrected chi connectivity index (χ1v) is 8.64. The second-order valence-electron chi connectivity index (χ2n) is 8.78. The van der Waals surface area contributed by atoms with Gasteiger partial charge >= 0.3 is 57.0 Å². The zero-order valence-electron chi connectivity index (χ0n) is 16.9. The predicted molar refractivity (Wildman–Crippen MR) is 92.7 cm³/mol. The van der Waals surface area contributed by atoms with Crippen LogP contribution in [0.25, 0.3) is 0 Å². The van der Waals surface area contributed by atoms with Crippen molar-refractivity contribution in [3.8, 4) is 0 Å². The van der Waals surface area contributed by atoms with Crippen molar-refractivity contribution >= 4 is 0 Å². The Morgan fingerprint density at radius 2 is 0.773 bits per heavy atom. The topological polar surface area (TPSA) is 73.0 Å². The van der Waals surface area contributed by atoms with Crippen LogP contribution in [0.2, 0.25) is 0 Å². The van der Waals surface area contributed by atoms with Gasteiger partial charge in [-0.1, -0.05) is 0 Å². The Kier molecular flexibility index (Phi) is 17.6. The van der Waals surface area contributed by atoms with E-state index in [1.807, 2.05) is 0 Å². The van der Waals surface area contributed by atoms with E-state index in [1.54, 1.807) is 83.2 Å². The summed E-state index contributed by atoms with van der Waals surface area (Å²) < 4.78 is 4.19. The molecule has 137 valence electrons. The molecule has 0 radical (unpaired) electrons. The molecule has 0 aromatic heterocycles. The van der Waals surface area contributed by atoms with E-state index in [4.69, 9.17) is 15.3 Å². The quantitative estimate of drug-likeness (QED) is 0.607. The van der Waals surface area contributed by atoms with E-state index in [9.17, 15) is 0 Å². The van der Waals surface area contributed by atoms with Gasteiger partial charge in [-0.3, -0.25) is 0 Å². The predicted octanol–water partition coefficient (Wildman–Crippen LogP) is 4.24. The summed E-state index contributed by atoms with van der Waals surface area (Å²) in [4.78, 5) is 0. The van der Waals surface area contributed by atoms with Gasteiger partial charge in [0.2, 0.25) is 0 Å². The Bertz CT molecular complexity index is 212. The molecule has 0 rings (SSSR count). The molecule has 0 aliphatic carbocycles. The number of rotatable bonds is 2. The molecule has 0 aliphatic rings. The van der Waals surface area contributed by atoms with Crippen molar-refractivity contribution in [1.82, 2.24) is 0 Å². The molecule has 0 bridgehead atoms. The van der Waals surface area contributed by atoms with E-state index >= 15 is 0 Å². The summed E-state index contributed by atoms with van der Waals surface area (Å²) in [5.74, 6) is 0. The van der Waals surface area contributed by atoms with Gasteiger partial charge in [-0.15, -0.1) is 0 Å². The molecule has 0 aromatic carbocycles. The monoisotopic (exact) mass is 400 g/mol. The fraction of sp³-hybridized carbons (Fsp3) is 1.00. The second kappa shape index (κ2) is 12.8. The molecule has 0 unspecified atom stereocenters. The molecular weight excluding hydrogens is 359 g/mol. The molecule has 0 spiro atoms. The molecule has 3 N–H and O–H groups in total. The van der Waals surface area contributed by atoms with Crippen molar-refractivity contribution in [2.45, 2.75) is 112 Å². The van der Waals surface area contributed by atoms with Crippen molar-refractivity contribution in [3.63, 3.8) is 0 Å². The van der Waals surface area contributed by atoms with Gasteiger partial charge in [0.05, 0.1) is 16.8 Å². The summed E-state index contributed by atoms with van der Waals surface area (Å²) in [6.07, 6.45) is 1.14. The summed E-state index contributed by atoms with van der Waals surface area (Å²) in [5.41, 5.74) is -1.27. The first-order valence-electron chi connectivity index (χ1n) is 7.66. The molecule has 0 aromatic rings. The Morgan fingerprint density at radius 1 is 0.636 bits per heavy atom. The maximum atomic E-state index is 8.52. The molecule has 0 fully saturated rings. The minimum absolute atomic E-state index is 0.231. The van der Waals surface area contributed by atoms with E-state index in [0.717, 1.165) is 6.42 Å². The van der Waals surface area contributed by atoms with Crippen LogP contribution >= 0.6 is 0 Å². The average Bonchev–Trinajstić information content (AvgIpc) is 2.09. The number of hydrogen-bond donors (Lipinski definition) is 3. The molecule has 0 amide bonds. The Hall–Kier alpha value is 0.420. The van der Waals surface area contributed by atoms with Crippen molar-refractivity contribution in [1.29, 1.82) is 0 Å². The van der Waals surface area contributed by atoms with Gasteiger partial charge in [-0.05, 0) is 62.3 Å². The Balaban J connectivity index is -0.0000000995. The van der Waals surface area contributed by atoms with Gasteiger partial charge < -0.3 is 15.3 Å². The molecule has 4 nitrogen and oxygen atoms in total. The summed E-state index contributed by atoms with van der Waals surface area (Å²) in [7, 11) is 0. The fourth-order valence-electron chi connectivity index (χ4n) is 0.0707. The van der Waals surface area contributed by atoms with Gasteiger partial charge in [0.25, 0.3) is 0 Å². The van der Waals surface area contributed by atoms with Crippen molar-refractivity contribution in [3.05, 3.63) is 0 Å². The van der Waals surface area contributed by atoms with Crippen LogP contribution in [-0.2, 0) is 20.9 Å². The third-order valence-corrected chi connectivity index (χ3v) is 2.47. The molecule has 0 saturated heterocycles. The van der Waals surface area contributed by atoms with Crippen LogP contribution in [0.5, 0.6) is 0 Å². The van der Waals surface area contributed by atoms with Gasteiger partial charge in [-0.2, -0.15) is 0 Å². The molecule has 5 heteroatoms. The molecule has 0 saturated carbocycles. The first-order chi connectivity index (χ1) is 9.12. The van der Waals surface area contributed by atoms with E-state index in [0.29, 0.717) is 0 Å². The van der Waals surface area contributed by atoms with Crippen molar-refractivity contribution < 1.29 is 36.2 Å². The first kappa shape index (κ1) is 30.3. The van der Waals surface area contributed by atoms with Crippen molar-refractivity contribution in [2.24, 2.45) is 3.34 Å². The average molecular weight is 400 g/mol. The van der Waals surface area contributed by atoms with Crippen LogP contribution in [-0.4, -0.2) is 37.7 Å². The zero-order chi connectivity index (χ0) is 19.4. The van der Waals surface area contributed by atoms with Crippen LogP contribution in [0.15, 0.2) is 3.34 Å². The zero-order valence-corrected chi connectivity index (χ0v) is 19.1. The van der Waals surface area contributed by atoms with Crippen molar-refractivity contribution in [2.75, 3.05) is 0 Å². The Morgan fingerprint density at radius 3 is 0.773 bits per heavy atom. The summed E-state index contributed by atoms with van der Waals surface area (Å²) >= 11 is 1.55. The normalized spacial score (nSPS) is 11.7. The molecule has 0 heterocycles. The van der Waals surface area contributed by atoms with Crippen LogP contribution in [0.1, 0.15) is 89.5 Å². The third kappa shape index (κ3) is 187. The van der Waals surface area contributed by atoms with E-state index < -0.39 is 16.8 Å². The number of hydrogen-bond acceptors (Lipinski definition) is 4. The van der Waals surface area contributed by atoms with Gasteiger partial charge in [0.1, 0.15) is 0 Å². The number of nitrogens with zero attached hydrogens (tertiary/aromatic N) is 1. The van der Waals surface area contributed by atoms with Gasteiger partial charge in [0, 0.05) is 0 Å². The third-order valence-electron chi connectivity index (χ3n) is 1.14. The van der Waals surface area contributed by atoms with E-state index in [2.05, 4.69) is 24.1 Å². The SMILES string of the molecule is CC(C)(C)O.CC(C)(C)O.CC(C)(C)O.CCC(C)(C)[N]=[Nb]. The fourth-order valence-corrected chi connectivity index (χ4v) is 0.418. The second-order valence-corrected chi connectivity index (χ2v) is 9.27. The number of aliphatic hydroxyl groups is 3. The molecule has 0 atom stereocenters. The Labute approximate surface area is 151 Å². The summed E-state index contributed by atoms with van der Waals surface area (Å²) in [5, 5.41) is 25.6. The molecule has 0 aliphatic heterocycles. The minimum atomic E-state index is -0.500.